The van der Waals surface area contributed by atoms with Gasteiger partial charge in [-0.15, -0.1) is 35.3 Å². The molecule has 2 aromatic rings. The normalized spacial score (nSPS) is 11.0. The molecule has 2 rings (SSSR count). The van der Waals surface area contributed by atoms with Gasteiger partial charge in [-0.1, -0.05) is 0 Å². The highest BCUT2D eigenvalue weighted by Crippen LogP contribution is 2.14. The van der Waals surface area contributed by atoms with Gasteiger partial charge in [-0.05, 0) is 49.6 Å². The van der Waals surface area contributed by atoms with E-state index in [2.05, 4.69) is 52.7 Å². The summed E-state index contributed by atoms with van der Waals surface area (Å²) in [5.74, 6) is 0.841. The molecule has 0 saturated carbocycles. The molecule has 22 heavy (non-hydrogen) atoms. The Morgan fingerprint density at radius 2 is 2.05 bits per heavy atom. The van der Waals surface area contributed by atoms with Gasteiger partial charge >= 0.3 is 0 Å². The maximum atomic E-state index is 4.25. The largest absolute Gasteiger partial charge is 0.356 e. The predicted octanol–water partition coefficient (Wildman–Crippen LogP) is 3.29. The van der Waals surface area contributed by atoms with Crippen molar-refractivity contribution in [1.82, 2.24) is 15.6 Å². The second kappa shape index (κ2) is 9.78. The molecule has 0 bridgehead atoms. The van der Waals surface area contributed by atoms with Crippen molar-refractivity contribution in [1.29, 1.82) is 0 Å². The summed E-state index contributed by atoms with van der Waals surface area (Å²) >= 11 is 1.81. The molecule has 2 heterocycles. The Bertz CT molecular complexity index is 610. The molecule has 2 aromatic heterocycles. The number of aryl methyl sites for hydroxylation is 2. The number of nitrogens with zero attached hydrogens (tertiary/aromatic N) is 2. The van der Waals surface area contributed by atoms with E-state index in [0.29, 0.717) is 0 Å². The lowest BCUT2D eigenvalue weighted by atomic mass is 10.1. The average Bonchev–Trinajstić information content (AvgIpc) is 2.90. The van der Waals surface area contributed by atoms with Crippen LogP contribution in [-0.2, 0) is 13.0 Å². The van der Waals surface area contributed by atoms with Crippen molar-refractivity contribution in [3.63, 3.8) is 0 Å². The van der Waals surface area contributed by atoms with Gasteiger partial charge in [0, 0.05) is 35.7 Å². The molecular formula is C16H23IN4S. The van der Waals surface area contributed by atoms with Gasteiger partial charge in [-0.25, -0.2) is 0 Å². The third kappa shape index (κ3) is 5.92. The topological polar surface area (TPSA) is 49.3 Å². The Morgan fingerprint density at radius 3 is 2.68 bits per heavy atom. The summed E-state index contributed by atoms with van der Waals surface area (Å²) in [6.45, 7) is 5.88. The Labute approximate surface area is 153 Å². The molecule has 120 valence electrons. The lowest BCUT2D eigenvalue weighted by molar-refractivity contribution is 0.796. The minimum atomic E-state index is 0. The Morgan fingerprint density at radius 1 is 1.23 bits per heavy atom. The van der Waals surface area contributed by atoms with E-state index in [0.717, 1.165) is 25.5 Å². The van der Waals surface area contributed by atoms with E-state index in [1.807, 2.05) is 23.7 Å². The zero-order valence-electron chi connectivity index (χ0n) is 13.2. The molecule has 6 heteroatoms. The molecule has 0 aromatic carbocycles. The minimum absolute atomic E-state index is 0. The van der Waals surface area contributed by atoms with Crippen LogP contribution in [0.15, 0.2) is 35.6 Å². The second-order valence-electron chi connectivity index (χ2n) is 4.92. The highest BCUT2D eigenvalue weighted by molar-refractivity contribution is 14.0. The van der Waals surface area contributed by atoms with E-state index in [1.165, 1.54) is 20.9 Å². The predicted molar refractivity (Wildman–Crippen MR) is 105 cm³/mol. The SMILES string of the molecule is CN=C(NCCc1ccncc1C)NCc1ccc(C)s1.I. The van der Waals surface area contributed by atoms with Gasteiger partial charge in [0.15, 0.2) is 5.96 Å². The average molecular weight is 430 g/mol. The van der Waals surface area contributed by atoms with Crippen LogP contribution in [0.3, 0.4) is 0 Å². The molecule has 0 atom stereocenters. The number of thiophene rings is 1. The number of aliphatic imine (C=N–C) groups is 1. The Balaban J connectivity index is 0.00000242. The van der Waals surface area contributed by atoms with Crippen LogP contribution in [0.1, 0.15) is 20.9 Å². The van der Waals surface area contributed by atoms with Crippen LogP contribution in [0.2, 0.25) is 0 Å². The van der Waals surface area contributed by atoms with Crippen LogP contribution >= 0.6 is 35.3 Å². The van der Waals surface area contributed by atoms with Gasteiger partial charge in [0.25, 0.3) is 0 Å². The number of aromatic nitrogens is 1. The molecule has 0 aliphatic heterocycles. The molecule has 0 unspecified atom stereocenters. The van der Waals surface area contributed by atoms with Gasteiger partial charge in [0.1, 0.15) is 0 Å². The van der Waals surface area contributed by atoms with Crippen LogP contribution in [0.5, 0.6) is 0 Å². The number of hydrogen-bond donors (Lipinski definition) is 2. The van der Waals surface area contributed by atoms with E-state index in [-0.39, 0.29) is 24.0 Å². The smallest absolute Gasteiger partial charge is 0.191 e. The van der Waals surface area contributed by atoms with E-state index in [1.54, 1.807) is 7.05 Å². The summed E-state index contributed by atoms with van der Waals surface area (Å²) in [6.07, 6.45) is 4.71. The van der Waals surface area contributed by atoms with Gasteiger partial charge in [0.05, 0.1) is 6.54 Å². The highest BCUT2D eigenvalue weighted by Gasteiger charge is 2.01. The van der Waals surface area contributed by atoms with Crippen molar-refractivity contribution >= 4 is 41.3 Å². The van der Waals surface area contributed by atoms with E-state index in [9.17, 15) is 0 Å². The Hall–Kier alpha value is -1.15. The van der Waals surface area contributed by atoms with E-state index >= 15 is 0 Å². The molecule has 4 nitrogen and oxygen atoms in total. The third-order valence-corrected chi connectivity index (χ3v) is 4.27. The number of pyridine rings is 1. The van der Waals surface area contributed by atoms with Gasteiger partial charge in [-0.3, -0.25) is 9.98 Å². The summed E-state index contributed by atoms with van der Waals surface area (Å²) in [7, 11) is 1.80. The van der Waals surface area contributed by atoms with Gasteiger partial charge < -0.3 is 10.6 Å². The summed E-state index contributed by atoms with van der Waals surface area (Å²) in [5, 5.41) is 6.68. The van der Waals surface area contributed by atoms with Crippen molar-refractivity contribution in [3.8, 4) is 0 Å². The zero-order valence-corrected chi connectivity index (χ0v) is 16.4. The fourth-order valence-electron chi connectivity index (χ4n) is 2.07. The van der Waals surface area contributed by atoms with Crippen LogP contribution in [0.4, 0.5) is 0 Å². The summed E-state index contributed by atoms with van der Waals surface area (Å²) in [6, 6.07) is 6.37. The number of guanidine groups is 1. The highest BCUT2D eigenvalue weighted by atomic mass is 127. The monoisotopic (exact) mass is 430 g/mol. The quantitative estimate of drug-likeness (QED) is 0.435. The molecular weight excluding hydrogens is 407 g/mol. The second-order valence-corrected chi connectivity index (χ2v) is 6.29. The van der Waals surface area contributed by atoms with Crippen LogP contribution in [0.25, 0.3) is 0 Å². The third-order valence-electron chi connectivity index (χ3n) is 3.27. The fourth-order valence-corrected chi connectivity index (χ4v) is 2.90. The molecule has 0 radical (unpaired) electrons. The van der Waals surface area contributed by atoms with E-state index in [4.69, 9.17) is 0 Å². The number of halogens is 1. The lowest BCUT2D eigenvalue weighted by Gasteiger charge is -2.11. The molecule has 0 saturated heterocycles. The first-order valence-corrected chi connectivity index (χ1v) is 7.90. The minimum Gasteiger partial charge on any atom is -0.356 e. The molecule has 0 amide bonds. The van der Waals surface area contributed by atoms with Gasteiger partial charge in [0.2, 0.25) is 0 Å². The van der Waals surface area contributed by atoms with Crippen LogP contribution in [-0.4, -0.2) is 24.5 Å². The van der Waals surface area contributed by atoms with Crippen molar-refractivity contribution in [2.75, 3.05) is 13.6 Å². The molecule has 0 fully saturated rings. The van der Waals surface area contributed by atoms with Crippen LogP contribution < -0.4 is 10.6 Å². The molecule has 0 aliphatic carbocycles. The summed E-state index contributed by atoms with van der Waals surface area (Å²) in [4.78, 5) is 11.0. The number of nitrogens with one attached hydrogen (secondary N) is 2. The molecule has 2 N–H and O–H groups in total. The van der Waals surface area contributed by atoms with Crippen molar-refractivity contribution in [3.05, 3.63) is 51.5 Å². The first kappa shape index (κ1) is 18.9. The maximum Gasteiger partial charge on any atom is 0.191 e. The first-order valence-electron chi connectivity index (χ1n) is 7.08. The Kier molecular flexibility index (Phi) is 8.40. The van der Waals surface area contributed by atoms with Crippen LogP contribution in [0, 0.1) is 13.8 Å². The molecule has 0 aliphatic rings. The van der Waals surface area contributed by atoms with Crippen molar-refractivity contribution in [2.45, 2.75) is 26.8 Å². The summed E-state index contributed by atoms with van der Waals surface area (Å²) in [5.41, 5.74) is 2.55. The molecule has 0 spiro atoms. The summed E-state index contributed by atoms with van der Waals surface area (Å²) < 4.78 is 0. The van der Waals surface area contributed by atoms with Crippen molar-refractivity contribution in [2.24, 2.45) is 4.99 Å². The zero-order chi connectivity index (χ0) is 15.1. The number of hydrogen-bond acceptors (Lipinski definition) is 3. The lowest BCUT2D eigenvalue weighted by Crippen LogP contribution is -2.37. The van der Waals surface area contributed by atoms with E-state index < -0.39 is 0 Å². The maximum absolute atomic E-state index is 4.25. The van der Waals surface area contributed by atoms with Crippen molar-refractivity contribution < 1.29 is 0 Å². The number of rotatable bonds is 5. The van der Waals surface area contributed by atoms with Gasteiger partial charge in [-0.2, -0.15) is 0 Å². The fraction of sp³-hybridized carbons (Fsp3) is 0.375. The standard InChI is InChI=1S/C16H22N4S.HI/c1-12-10-18-8-6-14(12)7-9-19-16(17-3)20-11-15-5-4-13(2)21-15;/h4-6,8,10H,7,9,11H2,1-3H3,(H2,17,19,20);1H. The first-order chi connectivity index (χ1) is 10.2.